The summed E-state index contributed by atoms with van der Waals surface area (Å²) in [6.07, 6.45) is 0.172. The molecule has 0 heterocycles. The summed E-state index contributed by atoms with van der Waals surface area (Å²) < 4.78 is 4.49. The smallest absolute Gasteiger partial charge is 0.307 e. The molecule has 1 unspecified atom stereocenters. The van der Waals surface area contributed by atoms with Crippen molar-refractivity contribution in [1.29, 1.82) is 0 Å². The molecule has 0 spiro atoms. The number of benzene rings is 1. The maximum absolute atomic E-state index is 11.8. The molecule has 1 atom stereocenters. The lowest BCUT2D eigenvalue weighted by atomic mass is 10.4. The number of esters is 1. The SMILES string of the molecule is COC(=O)CCNC(=O)C(C)Sc1ccccc1Cl. The van der Waals surface area contributed by atoms with Gasteiger partial charge in [-0.1, -0.05) is 23.7 Å². The first-order valence-corrected chi connectivity index (χ1v) is 7.06. The molecule has 0 aliphatic rings. The van der Waals surface area contributed by atoms with E-state index in [2.05, 4.69) is 10.1 Å². The van der Waals surface area contributed by atoms with Crippen LogP contribution >= 0.6 is 23.4 Å². The molecule has 1 rings (SSSR count). The molecule has 19 heavy (non-hydrogen) atoms. The zero-order chi connectivity index (χ0) is 14.3. The van der Waals surface area contributed by atoms with E-state index >= 15 is 0 Å². The van der Waals surface area contributed by atoms with E-state index in [0.29, 0.717) is 5.02 Å². The number of methoxy groups -OCH3 is 1. The summed E-state index contributed by atoms with van der Waals surface area (Å²) in [6.45, 7) is 2.07. The Bertz CT molecular complexity index is 453. The van der Waals surface area contributed by atoms with Crippen LogP contribution in [0.1, 0.15) is 13.3 Å². The molecule has 0 aromatic heterocycles. The van der Waals surface area contributed by atoms with Crippen LogP contribution in [0.5, 0.6) is 0 Å². The minimum Gasteiger partial charge on any atom is -0.469 e. The van der Waals surface area contributed by atoms with E-state index in [1.165, 1.54) is 18.9 Å². The molecular weight excluding hydrogens is 286 g/mol. The van der Waals surface area contributed by atoms with Crippen LogP contribution in [0.2, 0.25) is 5.02 Å². The number of thioether (sulfide) groups is 1. The molecule has 4 nitrogen and oxygen atoms in total. The van der Waals surface area contributed by atoms with Crippen LogP contribution < -0.4 is 5.32 Å². The molecule has 0 aliphatic carbocycles. The summed E-state index contributed by atoms with van der Waals surface area (Å²) in [6, 6.07) is 7.36. The van der Waals surface area contributed by atoms with Gasteiger partial charge in [-0.15, -0.1) is 11.8 Å². The number of amides is 1. The molecule has 0 radical (unpaired) electrons. The first-order chi connectivity index (χ1) is 9.04. The second-order valence-corrected chi connectivity index (χ2v) is 5.60. The van der Waals surface area contributed by atoms with Crippen LogP contribution in [-0.2, 0) is 14.3 Å². The zero-order valence-corrected chi connectivity index (χ0v) is 12.4. The van der Waals surface area contributed by atoms with Gasteiger partial charge in [0.15, 0.2) is 0 Å². The Hall–Kier alpha value is -1.20. The van der Waals surface area contributed by atoms with Gasteiger partial charge in [0.1, 0.15) is 0 Å². The van der Waals surface area contributed by atoms with Gasteiger partial charge in [0.05, 0.1) is 23.8 Å². The summed E-state index contributed by atoms with van der Waals surface area (Å²) >= 11 is 7.41. The molecule has 104 valence electrons. The van der Waals surface area contributed by atoms with E-state index < -0.39 is 0 Å². The van der Waals surface area contributed by atoms with Crippen molar-refractivity contribution in [3.63, 3.8) is 0 Å². The number of hydrogen-bond donors (Lipinski definition) is 1. The van der Waals surface area contributed by atoms with E-state index in [0.717, 1.165) is 4.90 Å². The zero-order valence-electron chi connectivity index (χ0n) is 10.8. The van der Waals surface area contributed by atoms with Crippen molar-refractivity contribution in [2.75, 3.05) is 13.7 Å². The second kappa shape index (κ2) is 8.07. The molecule has 6 heteroatoms. The summed E-state index contributed by atoms with van der Waals surface area (Å²) in [5.41, 5.74) is 0. The molecule has 1 amide bonds. The number of hydrogen-bond acceptors (Lipinski definition) is 4. The van der Waals surface area contributed by atoms with Crippen molar-refractivity contribution in [1.82, 2.24) is 5.32 Å². The largest absolute Gasteiger partial charge is 0.469 e. The topological polar surface area (TPSA) is 55.4 Å². The number of rotatable bonds is 6. The highest BCUT2D eigenvalue weighted by atomic mass is 35.5. The lowest BCUT2D eigenvalue weighted by Gasteiger charge is -2.12. The maximum atomic E-state index is 11.8. The Balaban J connectivity index is 2.41. The summed E-state index contributed by atoms with van der Waals surface area (Å²) in [5.74, 6) is -0.472. The first kappa shape index (κ1) is 15.9. The van der Waals surface area contributed by atoms with Gasteiger partial charge < -0.3 is 10.1 Å². The van der Waals surface area contributed by atoms with Crippen LogP contribution in [0.25, 0.3) is 0 Å². The Morgan fingerprint density at radius 1 is 1.42 bits per heavy atom. The monoisotopic (exact) mass is 301 g/mol. The summed E-state index contributed by atoms with van der Waals surface area (Å²) in [5, 5.41) is 3.03. The Labute approximate surface area is 121 Å². The van der Waals surface area contributed by atoms with E-state index in [9.17, 15) is 9.59 Å². The molecule has 0 saturated heterocycles. The number of ether oxygens (including phenoxy) is 1. The van der Waals surface area contributed by atoms with Gasteiger partial charge >= 0.3 is 5.97 Å². The van der Waals surface area contributed by atoms with E-state index in [4.69, 9.17) is 11.6 Å². The highest BCUT2D eigenvalue weighted by Crippen LogP contribution is 2.29. The molecular formula is C13H16ClNO3S. The highest BCUT2D eigenvalue weighted by molar-refractivity contribution is 8.00. The quantitative estimate of drug-likeness (QED) is 0.648. The Kier molecular flexibility index (Phi) is 6.73. The third-order valence-electron chi connectivity index (χ3n) is 2.37. The molecule has 1 N–H and O–H groups in total. The molecule has 0 fully saturated rings. The fourth-order valence-electron chi connectivity index (χ4n) is 1.32. The average molecular weight is 302 g/mol. The standard InChI is InChI=1S/C13H16ClNO3S/c1-9(13(17)15-8-7-12(16)18-2)19-11-6-4-3-5-10(11)14/h3-6,9H,7-8H2,1-2H3,(H,15,17). The van der Waals surface area contributed by atoms with Crippen molar-refractivity contribution in [2.45, 2.75) is 23.5 Å². The number of carbonyl (C=O) groups is 2. The van der Waals surface area contributed by atoms with Crippen LogP contribution in [0.3, 0.4) is 0 Å². The van der Waals surface area contributed by atoms with Gasteiger partial charge in [-0.05, 0) is 19.1 Å². The molecule has 0 aliphatic heterocycles. The van der Waals surface area contributed by atoms with Gasteiger partial charge in [0.25, 0.3) is 0 Å². The van der Waals surface area contributed by atoms with Crippen molar-refractivity contribution in [3.05, 3.63) is 29.3 Å². The highest BCUT2D eigenvalue weighted by Gasteiger charge is 2.15. The minimum absolute atomic E-state index is 0.131. The number of nitrogens with one attached hydrogen (secondary N) is 1. The van der Waals surface area contributed by atoms with Crippen molar-refractivity contribution < 1.29 is 14.3 Å². The number of carbonyl (C=O) groups excluding carboxylic acids is 2. The summed E-state index contributed by atoms with van der Waals surface area (Å²) in [7, 11) is 1.32. The normalized spacial score (nSPS) is 11.7. The molecule has 1 aromatic carbocycles. The predicted molar refractivity (Wildman–Crippen MR) is 76.4 cm³/mol. The van der Waals surface area contributed by atoms with Crippen LogP contribution in [0.4, 0.5) is 0 Å². The van der Waals surface area contributed by atoms with Crippen molar-refractivity contribution in [2.24, 2.45) is 0 Å². The third kappa shape index (κ3) is 5.53. The first-order valence-electron chi connectivity index (χ1n) is 5.80. The van der Waals surface area contributed by atoms with Crippen molar-refractivity contribution in [3.8, 4) is 0 Å². The van der Waals surface area contributed by atoms with E-state index in [-0.39, 0.29) is 30.1 Å². The minimum atomic E-state index is -0.341. The van der Waals surface area contributed by atoms with Crippen molar-refractivity contribution >= 4 is 35.2 Å². The molecule has 0 saturated carbocycles. The molecule has 1 aromatic rings. The second-order valence-electron chi connectivity index (χ2n) is 3.81. The third-order valence-corrected chi connectivity index (χ3v) is 3.98. The van der Waals surface area contributed by atoms with Gasteiger partial charge in [-0.3, -0.25) is 9.59 Å². The Morgan fingerprint density at radius 2 is 2.11 bits per heavy atom. The van der Waals surface area contributed by atoms with E-state index in [1.807, 2.05) is 18.2 Å². The van der Waals surface area contributed by atoms with Gasteiger partial charge in [-0.25, -0.2) is 0 Å². The number of halogens is 1. The average Bonchev–Trinajstić information content (AvgIpc) is 2.40. The van der Waals surface area contributed by atoms with Gasteiger partial charge in [-0.2, -0.15) is 0 Å². The van der Waals surface area contributed by atoms with Crippen LogP contribution in [0, 0.1) is 0 Å². The maximum Gasteiger partial charge on any atom is 0.307 e. The van der Waals surface area contributed by atoms with Crippen LogP contribution in [-0.4, -0.2) is 30.8 Å². The Morgan fingerprint density at radius 3 is 2.74 bits per heavy atom. The lowest BCUT2D eigenvalue weighted by Crippen LogP contribution is -2.32. The van der Waals surface area contributed by atoms with Gasteiger partial charge in [0, 0.05) is 11.4 Å². The van der Waals surface area contributed by atoms with Gasteiger partial charge in [0.2, 0.25) is 5.91 Å². The van der Waals surface area contributed by atoms with Crippen LogP contribution in [0.15, 0.2) is 29.2 Å². The van der Waals surface area contributed by atoms with E-state index in [1.54, 1.807) is 13.0 Å². The fourth-order valence-corrected chi connectivity index (χ4v) is 2.50. The summed E-state index contributed by atoms with van der Waals surface area (Å²) in [4.78, 5) is 23.6. The predicted octanol–water partition coefficient (Wildman–Crippen LogP) is 2.50. The fraction of sp³-hybridized carbons (Fsp3) is 0.385. The molecule has 0 bridgehead atoms. The lowest BCUT2D eigenvalue weighted by molar-refractivity contribution is -0.140.